The zero-order valence-electron chi connectivity index (χ0n) is 14.1. The van der Waals surface area contributed by atoms with Gasteiger partial charge in [0.05, 0.1) is 0 Å². The van der Waals surface area contributed by atoms with E-state index in [1.54, 1.807) is 0 Å². The lowest BCUT2D eigenvalue weighted by Crippen LogP contribution is -2.60. The number of carbonyl (C=O) groups is 1. The molecule has 0 spiro atoms. The van der Waals surface area contributed by atoms with E-state index >= 15 is 0 Å². The van der Waals surface area contributed by atoms with Gasteiger partial charge in [0.2, 0.25) is 0 Å². The van der Waals surface area contributed by atoms with Crippen LogP contribution in [-0.2, 0) is 4.79 Å². The zero-order valence-corrected chi connectivity index (χ0v) is 15.8. The van der Waals surface area contributed by atoms with Crippen molar-refractivity contribution in [2.75, 3.05) is 6.54 Å². The second kappa shape index (κ2) is 10.1. The molecule has 0 bridgehead atoms. The lowest BCUT2D eigenvalue weighted by atomic mass is 9.66. The van der Waals surface area contributed by atoms with E-state index in [1.807, 2.05) is 20.8 Å². The molecule has 3 atom stereocenters. The fourth-order valence-corrected chi connectivity index (χ4v) is 3.05. The molecule has 1 aliphatic carbocycles. The van der Waals surface area contributed by atoms with Crippen LogP contribution in [-0.4, -0.2) is 45.9 Å². The Morgan fingerprint density at radius 3 is 2.30 bits per heavy atom. The maximum Gasteiger partial charge on any atom is 0.451 e. The number of rotatable bonds is 6. The standard InChI is InChI=1S/C14H29BN2O4.2ClH/c1-13(2,3)17-9-11-5-4-10(6-7-15(20)21)8-14(11,16)12(18)19;;/h10-11,17,20-21H,4-9,16H2,1-3H3,(H,18,19);2*1H. The van der Waals surface area contributed by atoms with Crippen molar-refractivity contribution in [3.8, 4) is 0 Å². The number of aliphatic carboxylic acids is 1. The van der Waals surface area contributed by atoms with Crippen LogP contribution in [0.5, 0.6) is 0 Å². The summed E-state index contributed by atoms with van der Waals surface area (Å²) in [6.45, 7) is 6.71. The zero-order chi connectivity index (χ0) is 16.3. The summed E-state index contributed by atoms with van der Waals surface area (Å²) in [5.41, 5.74) is 4.90. The minimum atomic E-state index is -1.33. The molecular formula is C14H31BCl2N2O4. The summed E-state index contributed by atoms with van der Waals surface area (Å²) in [6.07, 6.45) is 2.90. The van der Waals surface area contributed by atoms with Gasteiger partial charge in [0.25, 0.3) is 0 Å². The fraction of sp³-hybridized carbons (Fsp3) is 0.929. The topological polar surface area (TPSA) is 116 Å². The van der Waals surface area contributed by atoms with Gasteiger partial charge in [0.15, 0.2) is 0 Å². The Bertz CT molecular complexity index is 369. The minimum absolute atomic E-state index is 0. The molecular weight excluding hydrogens is 342 g/mol. The van der Waals surface area contributed by atoms with Gasteiger partial charge >= 0.3 is 13.1 Å². The van der Waals surface area contributed by atoms with Gasteiger partial charge in [-0.3, -0.25) is 4.79 Å². The van der Waals surface area contributed by atoms with Gasteiger partial charge in [0.1, 0.15) is 5.54 Å². The number of hydrogen-bond acceptors (Lipinski definition) is 5. The number of nitrogens with one attached hydrogen (secondary N) is 1. The van der Waals surface area contributed by atoms with Gasteiger partial charge in [-0.25, -0.2) is 0 Å². The van der Waals surface area contributed by atoms with Crippen molar-refractivity contribution in [3.05, 3.63) is 0 Å². The van der Waals surface area contributed by atoms with Crippen LogP contribution in [0.4, 0.5) is 0 Å². The largest absolute Gasteiger partial charge is 0.480 e. The van der Waals surface area contributed by atoms with Gasteiger partial charge in [-0.1, -0.05) is 6.42 Å². The molecule has 0 aromatic heterocycles. The number of carboxylic acid groups (broad SMARTS) is 1. The number of hydrogen-bond donors (Lipinski definition) is 5. The first-order valence-corrected chi connectivity index (χ1v) is 7.68. The van der Waals surface area contributed by atoms with Crippen LogP contribution >= 0.6 is 24.8 Å². The van der Waals surface area contributed by atoms with Gasteiger partial charge < -0.3 is 26.2 Å². The highest BCUT2D eigenvalue weighted by Crippen LogP contribution is 2.38. The summed E-state index contributed by atoms with van der Waals surface area (Å²) >= 11 is 0. The third-order valence-corrected chi connectivity index (χ3v) is 4.39. The normalized spacial score (nSPS) is 27.6. The smallest absolute Gasteiger partial charge is 0.451 e. The van der Waals surface area contributed by atoms with E-state index in [-0.39, 0.29) is 48.5 Å². The van der Waals surface area contributed by atoms with Gasteiger partial charge in [0, 0.05) is 18.0 Å². The molecule has 6 nitrogen and oxygen atoms in total. The van der Waals surface area contributed by atoms with Gasteiger partial charge in [-0.15, -0.1) is 24.8 Å². The Labute approximate surface area is 151 Å². The SMILES string of the molecule is CC(C)(C)NCC1CCC(CCB(O)O)CC1(N)C(=O)O.Cl.Cl. The van der Waals surface area contributed by atoms with Crippen molar-refractivity contribution in [2.24, 2.45) is 17.6 Å². The van der Waals surface area contributed by atoms with Crippen molar-refractivity contribution < 1.29 is 19.9 Å². The molecule has 9 heteroatoms. The molecule has 0 radical (unpaired) electrons. The molecule has 0 aromatic carbocycles. The Hall–Kier alpha value is -0.0451. The van der Waals surface area contributed by atoms with E-state index < -0.39 is 18.6 Å². The summed E-state index contributed by atoms with van der Waals surface area (Å²) in [5.74, 6) is -0.930. The van der Waals surface area contributed by atoms with Crippen molar-refractivity contribution in [1.29, 1.82) is 0 Å². The molecule has 1 saturated carbocycles. The van der Waals surface area contributed by atoms with E-state index in [4.69, 9.17) is 15.8 Å². The van der Waals surface area contributed by atoms with Crippen molar-refractivity contribution in [1.82, 2.24) is 5.32 Å². The average Bonchev–Trinajstić information content (AvgIpc) is 2.33. The number of halogens is 2. The van der Waals surface area contributed by atoms with E-state index in [1.165, 1.54) is 0 Å². The van der Waals surface area contributed by atoms with Crippen LogP contribution in [0.1, 0.15) is 46.5 Å². The van der Waals surface area contributed by atoms with Crippen LogP contribution in [0.25, 0.3) is 0 Å². The summed E-state index contributed by atoms with van der Waals surface area (Å²) in [5, 5.41) is 30.8. The molecule has 0 aromatic rings. The molecule has 3 unspecified atom stereocenters. The average molecular weight is 373 g/mol. The number of carboxylic acids is 1. The highest BCUT2D eigenvalue weighted by Gasteiger charge is 2.46. The van der Waals surface area contributed by atoms with E-state index in [9.17, 15) is 9.90 Å². The maximum absolute atomic E-state index is 11.6. The minimum Gasteiger partial charge on any atom is -0.480 e. The predicted molar refractivity (Wildman–Crippen MR) is 97.3 cm³/mol. The molecule has 1 rings (SSSR count). The van der Waals surface area contributed by atoms with Crippen LogP contribution < -0.4 is 11.1 Å². The van der Waals surface area contributed by atoms with Crippen LogP contribution in [0.3, 0.4) is 0 Å². The van der Waals surface area contributed by atoms with Crippen molar-refractivity contribution in [3.63, 3.8) is 0 Å². The Balaban J connectivity index is 0. The number of nitrogens with two attached hydrogens (primary N) is 1. The van der Waals surface area contributed by atoms with E-state index in [0.29, 0.717) is 19.4 Å². The van der Waals surface area contributed by atoms with E-state index in [2.05, 4.69) is 5.32 Å². The van der Waals surface area contributed by atoms with Gasteiger partial charge in [-0.05, 0) is 52.3 Å². The summed E-state index contributed by atoms with van der Waals surface area (Å²) in [4.78, 5) is 11.6. The summed E-state index contributed by atoms with van der Waals surface area (Å²) in [7, 11) is -1.33. The third-order valence-electron chi connectivity index (χ3n) is 4.39. The second-order valence-electron chi connectivity index (χ2n) is 7.38. The monoisotopic (exact) mass is 372 g/mol. The first kappa shape index (κ1) is 25.2. The molecule has 23 heavy (non-hydrogen) atoms. The molecule has 6 N–H and O–H groups in total. The Kier molecular flexibility index (Phi) is 11.0. The van der Waals surface area contributed by atoms with Crippen molar-refractivity contribution in [2.45, 2.75) is 63.9 Å². The Morgan fingerprint density at radius 1 is 1.30 bits per heavy atom. The molecule has 138 valence electrons. The molecule has 1 aliphatic rings. The first-order valence-electron chi connectivity index (χ1n) is 7.68. The maximum atomic E-state index is 11.6. The third kappa shape index (κ3) is 8.05. The van der Waals surface area contributed by atoms with Crippen LogP contribution in [0.2, 0.25) is 6.32 Å². The fourth-order valence-electron chi connectivity index (χ4n) is 3.05. The van der Waals surface area contributed by atoms with Crippen LogP contribution in [0, 0.1) is 11.8 Å². The molecule has 0 heterocycles. The highest BCUT2D eigenvalue weighted by atomic mass is 35.5. The molecule has 0 aliphatic heterocycles. The molecule has 1 fully saturated rings. The highest BCUT2D eigenvalue weighted by molar-refractivity contribution is 6.40. The molecule has 0 saturated heterocycles. The summed E-state index contributed by atoms with van der Waals surface area (Å²) < 4.78 is 0. The first-order chi connectivity index (χ1) is 9.54. The van der Waals surface area contributed by atoms with E-state index in [0.717, 1.165) is 12.8 Å². The Morgan fingerprint density at radius 2 is 1.87 bits per heavy atom. The quantitative estimate of drug-likeness (QED) is 0.448. The summed E-state index contributed by atoms with van der Waals surface area (Å²) in [6, 6.07) is 0. The van der Waals surface area contributed by atoms with Crippen LogP contribution in [0.15, 0.2) is 0 Å². The van der Waals surface area contributed by atoms with Crippen molar-refractivity contribution >= 4 is 37.9 Å². The van der Waals surface area contributed by atoms with Gasteiger partial charge in [-0.2, -0.15) is 0 Å². The lowest BCUT2D eigenvalue weighted by molar-refractivity contribution is -0.148. The second-order valence-corrected chi connectivity index (χ2v) is 7.38. The predicted octanol–water partition coefficient (Wildman–Crippen LogP) is 1.28. The molecule has 0 amide bonds. The lowest BCUT2D eigenvalue weighted by Gasteiger charge is -2.42.